The first kappa shape index (κ1) is 25.1. The van der Waals surface area contributed by atoms with E-state index in [1.807, 2.05) is 50.3 Å². The number of rotatable bonds is 9. The molecular formula is C25H32BrN3O4. The highest BCUT2D eigenvalue weighted by atomic mass is 79.9. The Labute approximate surface area is 203 Å². The number of likely N-dealkylation sites (tertiary alicyclic amines) is 1. The van der Waals surface area contributed by atoms with E-state index in [9.17, 15) is 19.2 Å². The lowest BCUT2D eigenvalue weighted by atomic mass is 9.85. The molecule has 1 aliphatic carbocycles. The average molecular weight is 518 g/mol. The summed E-state index contributed by atoms with van der Waals surface area (Å²) in [5.74, 6) is -1.49. The van der Waals surface area contributed by atoms with Crippen molar-refractivity contribution in [3.05, 3.63) is 46.5 Å². The molecule has 1 N–H and O–H groups in total. The number of imide groups is 1. The molecule has 1 aromatic rings. The number of nitrogens with one attached hydrogen (secondary N) is 1. The Kier molecular flexibility index (Phi) is 8.46. The van der Waals surface area contributed by atoms with E-state index in [-0.39, 0.29) is 61.0 Å². The van der Waals surface area contributed by atoms with Gasteiger partial charge in [0.15, 0.2) is 0 Å². The number of nitrogens with zero attached hydrogens (tertiary/aromatic N) is 2. The second-order valence-corrected chi connectivity index (χ2v) is 9.79. The zero-order valence-electron chi connectivity index (χ0n) is 19.4. The van der Waals surface area contributed by atoms with E-state index in [2.05, 4.69) is 21.2 Å². The van der Waals surface area contributed by atoms with Crippen molar-refractivity contribution in [2.75, 3.05) is 6.54 Å². The van der Waals surface area contributed by atoms with Gasteiger partial charge in [-0.1, -0.05) is 47.1 Å². The van der Waals surface area contributed by atoms with Crippen LogP contribution in [-0.2, 0) is 25.7 Å². The number of amides is 4. The van der Waals surface area contributed by atoms with Crippen LogP contribution >= 0.6 is 15.9 Å². The van der Waals surface area contributed by atoms with Crippen LogP contribution in [-0.4, -0.2) is 52.1 Å². The third-order valence-electron chi connectivity index (χ3n) is 6.58. The summed E-state index contributed by atoms with van der Waals surface area (Å²) < 4.78 is 0.925. The average Bonchev–Trinajstić information content (AvgIpc) is 3.06. The number of hydrogen-bond donors (Lipinski definition) is 1. The molecule has 0 aromatic heterocycles. The number of fused-ring (bicyclic) bond motifs is 1. The van der Waals surface area contributed by atoms with Crippen LogP contribution in [0.1, 0.15) is 52.0 Å². The first-order valence-electron chi connectivity index (χ1n) is 11.6. The van der Waals surface area contributed by atoms with Crippen molar-refractivity contribution < 1.29 is 19.2 Å². The van der Waals surface area contributed by atoms with Gasteiger partial charge in [-0.2, -0.15) is 0 Å². The van der Waals surface area contributed by atoms with Crippen molar-refractivity contribution in [2.45, 2.75) is 65.1 Å². The minimum absolute atomic E-state index is 0.00128. The Morgan fingerprint density at radius 3 is 2.21 bits per heavy atom. The number of carbonyl (C=O) groups is 4. The second-order valence-electron chi connectivity index (χ2n) is 8.88. The molecule has 0 spiro atoms. The Bertz CT molecular complexity index is 904. The molecule has 1 aliphatic heterocycles. The van der Waals surface area contributed by atoms with Crippen molar-refractivity contribution in [3.8, 4) is 0 Å². The fraction of sp³-hybridized carbons (Fsp3) is 0.520. The predicted octanol–water partition coefficient (Wildman–Crippen LogP) is 3.42. The minimum atomic E-state index is -0.688. The van der Waals surface area contributed by atoms with E-state index >= 15 is 0 Å². The van der Waals surface area contributed by atoms with E-state index in [4.69, 9.17) is 0 Å². The van der Waals surface area contributed by atoms with Gasteiger partial charge in [-0.05, 0) is 50.8 Å². The molecule has 1 saturated heterocycles. The molecule has 3 rings (SSSR count). The maximum atomic E-state index is 13.3. The zero-order valence-corrected chi connectivity index (χ0v) is 21.0. The van der Waals surface area contributed by atoms with E-state index in [0.29, 0.717) is 12.8 Å². The van der Waals surface area contributed by atoms with Gasteiger partial charge in [-0.3, -0.25) is 24.1 Å². The molecule has 2 aliphatic rings. The van der Waals surface area contributed by atoms with Crippen molar-refractivity contribution >= 4 is 39.6 Å². The van der Waals surface area contributed by atoms with Crippen LogP contribution in [0, 0.1) is 11.8 Å². The van der Waals surface area contributed by atoms with Gasteiger partial charge in [-0.15, -0.1) is 0 Å². The van der Waals surface area contributed by atoms with Gasteiger partial charge in [-0.25, -0.2) is 0 Å². The highest BCUT2D eigenvalue weighted by Crippen LogP contribution is 2.35. The molecule has 1 heterocycles. The van der Waals surface area contributed by atoms with E-state index < -0.39 is 6.04 Å². The summed E-state index contributed by atoms with van der Waals surface area (Å²) >= 11 is 3.41. The largest absolute Gasteiger partial charge is 0.352 e. The fourth-order valence-corrected chi connectivity index (χ4v) is 4.54. The molecule has 7 nitrogen and oxygen atoms in total. The summed E-state index contributed by atoms with van der Waals surface area (Å²) in [4.78, 5) is 54.3. The van der Waals surface area contributed by atoms with Crippen LogP contribution in [0.5, 0.6) is 0 Å². The van der Waals surface area contributed by atoms with Crippen molar-refractivity contribution in [1.82, 2.24) is 15.1 Å². The van der Waals surface area contributed by atoms with E-state index in [1.54, 1.807) is 6.92 Å². The standard InChI is InChI=1S/C25H32BrN3O4/c1-4-16(2)27-23(31)17(3)29(15-18-9-11-19(26)12-10-18)22(30)13-14-28-24(32)20-7-5-6-8-21(20)25(28)33/h5-6,9-12,16-17,20-21H,4,7-8,13-15H2,1-3H3,(H,27,31)/t16-,17-,20-,21+/m0/s1. The predicted molar refractivity (Wildman–Crippen MR) is 129 cm³/mol. The van der Waals surface area contributed by atoms with Crippen LogP contribution in [0.4, 0.5) is 0 Å². The summed E-state index contributed by atoms with van der Waals surface area (Å²) in [6.07, 6.45) is 5.80. The molecule has 1 fully saturated rings. The lowest BCUT2D eigenvalue weighted by Gasteiger charge is -2.30. The molecule has 1 aromatic carbocycles. The molecule has 0 bridgehead atoms. The number of benzene rings is 1. The Hall–Kier alpha value is -2.48. The lowest BCUT2D eigenvalue weighted by molar-refractivity contribution is -0.143. The molecule has 33 heavy (non-hydrogen) atoms. The minimum Gasteiger partial charge on any atom is -0.352 e. The number of allylic oxidation sites excluding steroid dienone is 2. The summed E-state index contributed by atoms with van der Waals surface area (Å²) in [7, 11) is 0. The Morgan fingerprint density at radius 1 is 1.09 bits per heavy atom. The van der Waals surface area contributed by atoms with Crippen molar-refractivity contribution in [1.29, 1.82) is 0 Å². The fourth-order valence-electron chi connectivity index (χ4n) is 4.28. The van der Waals surface area contributed by atoms with Crippen LogP contribution in [0.2, 0.25) is 0 Å². The van der Waals surface area contributed by atoms with Gasteiger partial charge in [0.25, 0.3) is 0 Å². The third kappa shape index (κ3) is 5.91. The SMILES string of the molecule is CC[C@H](C)NC(=O)[C@H](C)N(Cc1ccc(Br)cc1)C(=O)CCN1C(=O)[C@H]2CC=CC[C@H]2C1=O. The normalized spacial score (nSPS) is 21.5. The first-order valence-corrected chi connectivity index (χ1v) is 12.4. The summed E-state index contributed by atoms with van der Waals surface area (Å²) in [5, 5.41) is 2.94. The van der Waals surface area contributed by atoms with Gasteiger partial charge < -0.3 is 10.2 Å². The molecular weight excluding hydrogens is 486 g/mol. The smallest absolute Gasteiger partial charge is 0.242 e. The number of halogens is 1. The molecule has 0 unspecified atom stereocenters. The summed E-state index contributed by atoms with van der Waals surface area (Å²) in [5.41, 5.74) is 0.889. The van der Waals surface area contributed by atoms with Gasteiger partial charge in [0, 0.05) is 30.0 Å². The monoisotopic (exact) mass is 517 g/mol. The van der Waals surface area contributed by atoms with Crippen LogP contribution in [0.25, 0.3) is 0 Å². The van der Waals surface area contributed by atoms with Gasteiger partial charge >= 0.3 is 0 Å². The molecule has 4 amide bonds. The van der Waals surface area contributed by atoms with Gasteiger partial charge in [0.1, 0.15) is 6.04 Å². The Morgan fingerprint density at radius 2 is 1.67 bits per heavy atom. The highest BCUT2D eigenvalue weighted by molar-refractivity contribution is 9.10. The second kappa shape index (κ2) is 11.1. The van der Waals surface area contributed by atoms with Crippen molar-refractivity contribution in [3.63, 3.8) is 0 Å². The lowest BCUT2D eigenvalue weighted by Crippen LogP contribution is -2.50. The van der Waals surface area contributed by atoms with Crippen LogP contribution < -0.4 is 5.32 Å². The van der Waals surface area contributed by atoms with Gasteiger partial charge in [0.05, 0.1) is 11.8 Å². The van der Waals surface area contributed by atoms with Gasteiger partial charge in [0.2, 0.25) is 23.6 Å². The Balaban J connectivity index is 1.71. The van der Waals surface area contributed by atoms with E-state index in [1.165, 1.54) is 9.80 Å². The molecule has 4 atom stereocenters. The first-order chi connectivity index (χ1) is 15.7. The topological polar surface area (TPSA) is 86.8 Å². The quantitative estimate of drug-likeness (QED) is 0.401. The van der Waals surface area contributed by atoms with E-state index in [0.717, 1.165) is 16.5 Å². The number of hydrogen-bond acceptors (Lipinski definition) is 4. The maximum absolute atomic E-state index is 13.3. The number of carbonyl (C=O) groups excluding carboxylic acids is 4. The molecule has 0 saturated carbocycles. The molecule has 8 heteroatoms. The van der Waals surface area contributed by atoms with Crippen LogP contribution in [0.15, 0.2) is 40.9 Å². The third-order valence-corrected chi connectivity index (χ3v) is 7.11. The van der Waals surface area contributed by atoms with Crippen LogP contribution in [0.3, 0.4) is 0 Å². The summed E-state index contributed by atoms with van der Waals surface area (Å²) in [6, 6.07) is 6.88. The molecule has 0 radical (unpaired) electrons. The highest BCUT2D eigenvalue weighted by Gasteiger charge is 2.47. The van der Waals surface area contributed by atoms with Crippen molar-refractivity contribution in [2.24, 2.45) is 11.8 Å². The maximum Gasteiger partial charge on any atom is 0.242 e. The molecule has 178 valence electrons. The zero-order chi connectivity index (χ0) is 24.1. The summed E-state index contributed by atoms with van der Waals surface area (Å²) in [6.45, 7) is 5.92.